The molecule has 5 nitrogen and oxygen atoms in total. The Balaban J connectivity index is 1.66. The minimum atomic E-state index is -0.266. The van der Waals surface area contributed by atoms with Crippen LogP contribution in [0.2, 0.25) is 0 Å². The number of halogens is 1. The van der Waals surface area contributed by atoms with E-state index in [4.69, 9.17) is 9.47 Å². The molecule has 0 saturated carbocycles. The van der Waals surface area contributed by atoms with Crippen molar-refractivity contribution in [3.63, 3.8) is 0 Å². The third kappa shape index (κ3) is 5.53. The Bertz CT molecular complexity index is 756. The Morgan fingerprint density at radius 2 is 1.75 bits per heavy atom. The Morgan fingerprint density at radius 1 is 1.11 bits per heavy atom. The van der Waals surface area contributed by atoms with Gasteiger partial charge < -0.3 is 14.8 Å². The first-order chi connectivity index (χ1) is 13.5. The molecule has 0 unspecified atom stereocenters. The summed E-state index contributed by atoms with van der Waals surface area (Å²) in [7, 11) is 0. The van der Waals surface area contributed by atoms with Gasteiger partial charge in [0.05, 0.1) is 25.4 Å². The number of hydrogen-bond acceptors (Lipinski definition) is 4. The Labute approximate surface area is 165 Å². The summed E-state index contributed by atoms with van der Waals surface area (Å²) in [5.74, 6) is 0.331. The first kappa shape index (κ1) is 20.3. The number of carbonyl (C=O) groups excluding carboxylic acids is 1. The summed E-state index contributed by atoms with van der Waals surface area (Å²) < 4.78 is 24.4. The van der Waals surface area contributed by atoms with E-state index in [-0.39, 0.29) is 23.9 Å². The van der Waals surface area contributed by atoms with E-state index in [1.165, 1.54) is 12.1 Å². The zero-order chi connectivity index (χ0) is 19.9. The third-order valence-corrected chi connectivity index (χ3v) is 4.69. The van der Waals surface area contributed by atoms with E-state index in [2.05, 4.69) is 10.2 Å². The molecule has 0 aliphatic carbocycles. The number of nitrogens with zero attached hydrogens (tertiary/aromatic N) is 1. The van der Waals surface area contributed by atoms with Crippen molar-refractivity contribution in [2.75, 3.05) is 32.8 Å². The molecule has 1 saturated heterocycles. The van der Waals surface area contributed by atoms with Crippen molar-refractivity contribution in [1.82, 2.24) is 10.2 Å². The van der Waals surface area contributed by atoms with Crippen molar-refractivity contribution >= 4 is 5.91 Å². The van der Waals surface area contributed by atoms with Crippen molar-refractivity contribution in [2.45, 2.75) is 26.0 Å². The predicted octanol–water partition coefficient (Wildman–Crippen LogP) is 3.42. The largest absolute Gasteiger partial charge is 0.491 e. The molecule has 150 valence electrons. The molecule has 1 aliphatic rings. The number of morpholine rings is 1. The minimum absolute atomic E-state index is 0.0306. The fourth-order valence-corrected chi connectivity index (χ4v) is 3.28. The summed E-state index contributed by atoms with van der Waals surface area (Å²) in [6.45, 7) is 7.22. The predicted molar refractivity (Wildman–Crippen MR) is 106 cm³/mol. The van der Waals surface area contributed by atoms with Gasteiger partial charge in [-0.2, -0.15) is 0 Å². The summed E-state index contributed by atoms with van der Waals surface area (Å²) in [6, 6.07) is 13.6. The lowest BCUT2D eigenvalue weighted by Gasteiger charge is -2.35. The molecule has 0 radical (unpaired) electrons. The number of nitrogens with one attached hydrogen (secondary N) is 1. The first-order valence-corrected chi connectivity index (χ1v) is 9.65. The maximum Gasteiger partial charge on any atom is 0.251 e. The first-order valence-electron chi connectivity index (χ1n) is 9.65. The van der Waals surface area contributed by atoms with Gasteiger partial charge in [0.25, 0.3) is 5.91 Å². The Morgan fingerprint density at radius 3 is 2.36 bits per heavy atom. The second kappa shape index (κ2) is 9.66. The van der Waals surface area contributed by atoms with Crippen molar-refractivity contribution < 1.29 is 18.7 Å². The molecule has 0 bridgehead atoms. The van der Waals surface area contributed by atoms with E-state index in [1.807, 2.05) is 13.8 Å². The van der Waals surface area contributed by atoms with E-state index >= 15 is 0 Å². The van der Waals surface area contributed by atoms with Crippen molar-refractivity contribution in [3.8, 4) is 5.75 Å². The Kier molecular flexibility index (Phi) is 7.01. The summed E-state index contributed by atoms with van der Waals surface area (Å²) in [5, 5.41) is 3.01. The summed E-state index contributed by atoms with van der Waals surface area (Å²) in [4.78, 5) is 14.9. The molecule has 1 aliphatic heterocycles. The lowest BCUT2D eigenvalue weighted by Crippen LogP contribution is -2.43. The fourth-order valence-electron chi connectivity index (χ4n) is 3.28. The highest BCUT2D eigenvalue weighted by Gasteiger charge is 2.23. The maximum absolute atomic E-state index is 13.3. The molecule has 6 heteroatoms. The molecule has 28 heavy (non-hydrogen) atoms. The SMILES string of the molecule is CC(C)Oc1ccc(C(=O)NC[C@@H](c2ccc(F)cc2)N2CCOCC2)cc1. The van der Waals surface area contributed by atoms with Gasteiger partial charge in [0.2, 0.25) is 0 Å². The minimum Gasteiger partial charge on any atom is -0.491 e. The standard InChI is InChI=1S/C22H27FN2O3/c1-16(2)28-20-9-5-18(6-10-20)22(26)24-15-21(25-11-13-27-14-12-25)17-3-7-19(23)8-4-17/h3-10,16,21H,11-15H2,1-2H3,(H,24,26)/t21-/m0/s1. The highest BCUT2D eigenvalue weighted by Crippen LogP contribution is 2.22. The van der Waals surface area contributed by atoms with Crippen LogP contribution in [0, 0.1) is 5.82 Å². The summed E-state index contributed by atoms with van der Waals surface area (Å²) in [5.41, 5.74) is 1.56. The van der Waals surface area contributed by atoms with E-state index in [0.717, 1.165) is 24.4 Å². The highest BCUT2D eigenvalue weighted by atomic mass is 19.1. The van der Waals surface area contributed by atoms with Crippen LogP contribution in [0.15, 0.2) is 48.5 Å². The van der Waals surface area contributed by atoms with Crippen molar-refractivity contribution in [2.24, 2.45) is 0 Å². The molecule has 1 amide bonds. The van der Waals surface area contributed by atoms with Gasteiger partial charge in [-0.1, -0.05) is 12.1 Å². The van der Waals surface area contributed by atoms with Crippen LogP contribution in [0.5, 0.6) is 5.75 Å². The van der Waals surface area contributed by atoms with Gasteiger partial charge >= 0.3 is 0 Å². The van der Waals surface area contributed by atoms with Crippen LogP contribution in [-0.4, -0.2) is 49.8 Å². The van der Waals surface area contributed by atoms with Crippen LogP contribution in [0.4, 0.5) is 4.39 Å². The summed E-state index contributed by atoms with van der Waals surface area (Å²) in [6.07, 6.45) is 0.0877. The van der Waals surface area contributed by atoms with E-state index in [0.29, 0.717) is 25.3 Å². The third-order valence-electron chi connectivity index (χ3n) is 4.69. The van der Waals surface area contributed by atoms with Crippen LogP contribution in [0.1, 0.15) is 35.8 Å². The van der Waals surface area contributed by atoms with Gasteiger partial charge in [-0.15, -0.1) is 0 Å². The molecule has 2 aromatic rings. The van der Waals surface area contributed by atoms with Crippen LogP contribution in [-0.2, 0) is 4.74 Å². The number of amides is 1. The van der Waals surface area contributed by atoms with Crippen molar-refractivity contribution in [3.05, 3.63) is 65.5 Å². The number of hydrogen-bond donors (Lipinski definition) is 1. The smallest absolute Gasteiger partial charge is 0.251 e. The Hall–Kier alpha value is -2.44. The topological polar surface area (TPSA) is 50.8 Å². The zero-order valence-corrected chi connectivity index (χ0v) is 16.4. The van der Waals surface area contributed by atoms with Gasteiger partial charge in [-0.3, -0.25) is 9.69 Å². The molecular formula is C22H27FN2O3. The van der Waals surface area contributed by atoms with Gasteiger partial charge in [0.15, 0.2) is 0 Å². The van der Waals surface area contributed by atoms with Crippen LogP contribution in [0.25, 0.3) is 0 Å². The van der Waals surface area contributed by atoms with Gasteiger partial charge in [-0.25, -0.2) is 4.39 Å². The van der Waals surface area contributed by atoms with Gasteiger partial charge in [0.1, 0.15) is 11.6 Å². The molecule has 0 aromatic heterocycles. The molecule has 1 fully saturated rings. The lowest BCUT2D eigenvalue weighted by molar-refractivity contribution is 0.0162. The maximum atomic E-state index is 13.3. The number of ether oxygens (including phenoxy) is 2. The molecule has 1 heterocycles. The summed E-state index contributed by atoms with van der Waals surface area (Å²) >= 11 is 0. The average Bonchev–Trinajstić information content (AvgIpc) is 2.70. The zero-order valence-electron chi connectivity index (χ0n) is 16.4. The highest BCUT2D eigenvalue weighted by molar-refractivity contribution is 5.94. The molecule has 3 rings (SSSR count). The molecular weight excluding hydrogens is 359 g/mol. The molecule has 0 spiro atoms. The average molecular weight is 386 g/mol. The number of benzene rings is 2. The van der Waals surface area contributed by atoms with Crippen LogP contribution >= 0.6 is 0 Å². The lowest BCUT2D eigenvalue weighted by atomic mass is 10.0. The molecule has 1 atom stereocenters. The monoisotopic (exact) mass is 386 g/mol. The van der Waals surface area contributed by atoms with Crippen LogP contribution < -0.4 is 10.1 Å². The quantitative estimate of drug-likeness (QED) is 0.792. The van der Waals surface area contributed by atoms with Gasteiger partial charge in [-0.05, 0) is 55.8 Å². The van der Waals surface area contributed by atoms with E-state index in [9.17, 15) is 9.18 Å². The number of rotatable bonds is 7. The number of carbonyl (C=O) groups is 1. The van der Waals surface area contributed by atoms with E-state index < -0.39 is 0 Å². The van der Waals surface area contributed by atoms with Crippen LogP contribution in [0.3, 0.4) is 0 Å². The second-order valence-corrected chi connectivity index (χ2v) is 7.12. The molecule has 2 aromatic carbocycles. The normalized spacial score (nSPS) is 16.0. The fraction of sp³-hybridized carbons (Fsp3) is 0.409. The van der Waals surface area contributed by atoms with Crippen molar-refractivity contribution in [1.29, 1.82) is 0 Å². The van der Waals surface area contributed by atoms with E-state index in [1.54, 1.807) is 36.4 Å². The second-order valence-electron chi connectivity index (χ2n) is 7.12. The molecule has 1 N–H and O–H groups in total. The van der Waals surface area contributed by atoms with Gasteiger partial charge in [0, 0.05) is 25.2 Å².